The Bertz CT molecular complexity index is 407. The molecule has 1 aromatic rings. The zero-order valence-electron chi connectivity index (χ0n) is 9.41. The first kappa shape index (κ1) is 9.90. The highest BCUT2D eigenvalue weighted by molar-refractivity contribution is 5.74. The van der Waals surface area contributed by atoms with E-state index in [0.29, 0.717) is 6.04 Å². The monoisotopic (exact) mass is 221 g/mol. The van der Waals surface area contributed by atoms with E-state index in [1.807, 2.05) is 13.1 Å². The van der Waals surface area contributed by atoms with Crippen LogP contribution >= 0.6 is 0 Å². The molecule has 0 amide bonds. The minimum Gasteiger partial charge on any atom is -0.371 e. The van der Waals surface area contributed by atoms with Crippen molar-refractivity contribution in [3.63, 3.8) is 0 Å². The number of rotatable bonds is 0. The molecule has 2 aliphatic heterocycles. The van der Waals surface area contributed by atoms with Gasteiger partial charge in [0.05, 0.1) is 17.4 Å². The van der Waals surface area contributed by atoms with Gasteiger partial charge in [-0.3, -0.25) is 0 Å². The third-order valence-electron chi connectivity index (χ3n) is 3.50. The second kappa shape index (κ2) is 3.63. The number of hydrogen-bond donors (Lipinski definition) is 1. The van der Waals surface area contributed by atoms with Gasteiger partial charge in [-0.05, 0) is 12.1 Å². The van der Waals surface area contributed by atoms with Gasteiger partial charge in [-0.2, -0.15) is 0 Å². The quantitative estimate of drug-likeness (QED) is 0.706. The minimum absolute atomic E-state index is 0.101. The lowest BCUT2D eigenvalue weighted by Gasteiger charge is -2.46. The molecule has 1 fully saturated rings. The van der Waals surface area contributed by atoms with E-state index in [4.69, 9.17) is 0 Å². The summed E-state index contributed by atoms with van der Waals surface area (Å²) in [5.41, 5.74) is 1.79. The van der Waals surface area contributed by atoms with Crippen LogP contribution in [0.2, 0.25) is 0 Å². The van der Waals surface area contributed by atoms with Gasteiger partial charge in [0, 0.05) is 33.2 Å². The van der Waals surface area contributed by atoms with Crippen molar-refractivity contribution in [1.82, 2.24) is 5.32 Å². The first-order valence-corrected chi connectivity index (χ1v) is 5.74. The summed E-state index contributed by atoms with van der Waals surface area (Å²) in [6, 6.07) is 5.73. The molecule has 3 nitrogen and oxygen atoms in total. The van der Waals surface area contributed by atoms with Crippen LogP contribution in [0.15, 0.2) is 18.2 Å². The Morgan fingerprint density at radius 1 is 1.44 bits per heavy atom. The Morgan fingerprint density at radius 3 is 3.19 bits per heavy atom. The molecule has 1 unspecified atom stereocenters. The molecule has 4 heteroatoms. The maximum absolute atomic E-state index is 13.9. The molecule has 1 aromatic carbocycles. The van der Waals surface area contributed by atoms with Crippen LogP contribution in [0.1, 0.15) is 0 Å². The molecule has 0 aliphatic carbocycles. The molecule has 86 valence electrons. The molecule has 1 N–H and O–H groups in total. The Morgan fingerprint density at radius 2 is 2.31 bits per heavy atom. The number of piperazine rings is 1. The number of hydrogen-bond acceptors (Lipinski definition) is 3. The average Bonchev–Trinajstić information content (AvgIpc) is 2.30. The molecule has 2 heterocycles. The van der Waals surface area contributed by atoms with Crippen molar-refractivity contribution in [3.8, 4) is 0 Å². The van der Waals surface area contributed by atoms with Gasteiger partial charge < -0.3 is 15.1 Å². The minimum atomic E-state index is -0.101. The summed E-state index contributed by atoms with van der Waals surface area (Å²) in [4.78, 5) is 4.35. The van der Waals surface area contributed by atoms with E-state index in [-0.39, 0.29) is 5.82 Å². The Labute approximate surface area is 94.8 Å². The number of anilines is 2. The highest BCUT2D eigenvalue weighted by Crippen LogP contribution is 2.36. The molecule has 0 saturated carbocycles. The third kappa shape index (κ3) is 1.37. The Hall–Kier alpha value is -1.29. The number of para-hydroxylation sites is 1. The van der Waals surface area contributed by atoms with Crippen LogP contribution in [0.25, 0.3) is 0 Å². The van der Waals surface area contributed by atoms with Crippen LogP contribution in [0.5, 0.6) is 0 Å². The first-order chi connectivity index (χ1) is 7.77. The summed E-state index contributed by atoms with van der Waals surface area (Å²) in [7, 11) is 2.03. The normalized spacial score (nSPS) is 24.0. The van der Waals surface area contributed by atoms with Crippen LogP contribution in [0.3, 0.4) is 0 Å². The van der Waals surface area contributed by atoms with E-state index >= 15 is 0 Å². The molecule has 0 spiro atoms. The van der Waals surface area contributed by atoms with Crippen LogP contribution in [-0.2, 0) is 0 Å². The van der Waals surface area contributed by atoms with Crippen molar-refractivity contribution in [2.24, 2.45) is 0 Å². The zero-order chi connectivity index (χ0) is 11.1. The summed E-state index contributed by atoms with van der Waals surface area (Å²) in [6.45, 7) is 3.74. The maximum atomic E-state index is 13.9. The second-order valence-corrected chi connectivity index (χ2v) is 4.54. The van der Waals surface area contributed by atoms with Crippen LogP contribution in [0, 0.1) is 5.82 Å². The van der Waals surface area contributed by atoms with Crippen molar-refractivity contribution in [3.05, 3.63) is 24.0 Å². The molecular weight excluding hydrogens is 205 g/mol. The lowest BCUT2D eigenvalue weighted by molar-refractivity contribution is 0.457. The van der Waals surface area contributed by atoms with Gasteiger partial charge in [-0.15, -0.1) is 0 Å². The van der Waals surface area contributed by atoms with Crippen LogP contribution in [0.4, 0.5) is 15.8 Å². The summed E-state index contributed by atoms with van der Waals surface area (Å²) in [5.74, 6) is -0.101. The predicted octanol–water partition coefficient (Wildman–Crippen LogP) is 1.05. The van der Waals surface area contributed by atoms with Crippen LogP contribution < -0.4 is 15.1 Å². The molecule has 1 saturated heterocycles. The van der Waals surface area contributed by atoms with Gasteiger partial charge in [0.1, 0.15) is 5.82 Å². The standard InChI is InChI=1S/C12H16FN3/c1-15-8-9-7-14-5-6-16(9)12-10(13)3-2-4-11(12)15/h2-4,9,14H,5-8H2,1H3. The van der Waals surface area contributed by atoms with Crippen molar-refractivity contribution in [2.45, 2.75) is 6.04 Å². The Kier molecular flexibility index (Phi) is 2.24. The summed E-state index contributed by atoms with van der Waals surface area (Å²) in [5, 5.41) is 3.36. The molecule has 3 rings (SSSR count). The SMILES string of the molecule is CN1CC2CNCCN2c2c(F)cccc21. The highest BCUT2D eigenvalue weighted by Gasteiger charge is 2.32. The summed E-state index contributed by atoms with van der Waals surface area (Å²) < 4.78 is 13.9. The van der Waals surface area contributed by atoms with Crippen molar-refractivity contribution >= 4 is 11.4 Å². The van der Waals surface area contributed by atoms with Gasteiger partial charge in [0.25, 0.3) is 0 Å². The number of likely N-dealkylation sites (N-methyl/N-ethyl adjacent to an activating group) is 1. The van der Waals surface area contributed by atoms with E-state index in [1.165, 1.54) is 0 Å². The highest BCUT2D eigenvalue weighted by atomic mass is 19.1. The predicted molar refractivity (Wildman–Crippen MR) is 63.7 cm³/mol. The molecule has 2 aliphatic rings. The lowest BCUT2D eigenvalue weighted by Crippen LogP contribution is -2.58. The first-order valence-electron chi connectivity index (χ1n) is 5.74. The van der Waals surface area contributed by atoms with Crippen molar-refractivity contribution < 1.29 is 4.39 Å². The molecular formula is C12H16FN3. The fourth-order valence-electron chi connectivity index (χ4n) is 2.73. The van der Waals surface area contributed by atoms with Crippen molar-refractivity contribution in [1.29, 1.82) is 0 Å². The topological polar surface area (TPSA) is 18.5 Å². The van der Waals surface area contributed by atoms with Gasteiger partial charge in [0.2, 0.25) is 0 Å². The molecule has 0 aromatic heterocycles. The zero-order valence-corrected chi connectivity index (χ0v) is 9.41. The largest absolute Gasteiger partial charge is 0.371 e. The molecule has 0 radical (unpaired) electrons. The van der Waals surface area contributed by atoms with Gasteiger partial charge >= 0.3 is 0 Å². The van der Waals surface area contributed by atoms with E-state index < -0.39 is 0 Å². The van der Waals surface area contributed by atoms with E-state index in [1.54, 1.807) is 12.1 Å². The summed E-state index contributed by atoms with van der Waals surface area (Å²) in [6.07, 6.45) is 0. The van der Waals surface area contributed by atoms with Crippen molar-refractivity contribution in [2.75, 3.05) is 43.0 Å². The van der Waals surface area contributed by atoms with E-state index in [9.17, 15) is 4.39 Å². The fraction of sp³-hybridized carbons (Fsp3) is 0.500. The van der Waals surface area contributed by atoms with Crippen LogP contribution in [-0.4, -0.2) is 39.3 Å². The molecule has 0 bridgehead atoms. The number of benzene rings is 1. The third-order valence-corrected chi connectivity index (χ3v) is 3.50. The van der Waals surface area contributed by atoms with Gasteiger partial charge in [-0.25, -0.2) is 4.39 Å². The molecule has 1 atom stereocenters. The lowest BCUT2D eigenvalue weighted by atomic mass is 10.1. The maximum Gasteiger partial charge on any atom is 0.148 e. The van der Waals surface area contributed by atoms with Gasteiger partial charge in [-0.1, -0.05) is 6.07 Å². The average molecular weight is 221 g/mol. The van der Waals surface area contributed by atoms with E-state index in [0.717, 1.165) is 37.6 Å². The number of halogens is 1. The molecule has 16 heavy (non-hydrogen) atoms. The number of nitrogens with zero attached hydrogens (tertiary/aromatic N) is 2. The number of fused-ring (bicyclic) bond motifs is 3. The Balaban J connectivity index is 2.09. The fourth-order valence-corrected chi connectivity index (χ4v) is 2.73. The number of nitrogens with one attached hydrogen (secondary N) is 1. The smallest absolute Gasteiger partial charge is 0.148 e. The summed E-state index contributed by atoms with van der Waals surface area (Å²) >= 11 is 0. The second-order valence-electron chi connectivity index (χ2n) is 4.54. The van der Waals surface area contributed by atoms with E-state index in [2.05, 4.69) is 15.1 Å². The van der Waals surface area contributed by atoms with Gasteiger partial charge in [0.15, 0.2) is 0 Å².